The van der Waals surface area contributed by atoms with Crippen molar-refractivity contribution in [3.05, 3.63) is 53.8 Å². The molecule has 0 bridgehead atoms. The topological polar surface area (TPSA) is 83.1 Å². The zero-order valence-corrected chi connectivity index (χ0v) is 18.7. The van der Waals surface area contributed by atoms with Crippen LogP contribution in [0.3, 0.4) is 0 Å². The molecule has 176 valence electrons. The fourth-order valence-electron chi connectivity index (χ4n) is 4.15. The second-order valence-electron chi connectivity index (χ2n) is 8.07. The van der Waals surface area contributed by atoms with Crippen LogP contribution >= 0.6 is 0 Å². The van der Waals surface area contributed by atoms with Gasteiger partial charge in [0.1, 0.15) is 5.82 Å². The SMILES string of the molecule is CCCNC(=O)C(=O)NCC(c1ccc2c(c1)OCO2)N1CCN(c2ccccc2F)CC1. The number of carbonyl (C=O) groups excluding carboxylic acids is 2. The monoisotopic (exact) mass is 456 g/mol. The predicted molar refractivity (Wildman–Crippen MR) is 122 cm³/mol. The van der Waals surface area contributed by atoms with Crippen molar-refractivity contribution >= 4 is 17.5 Å². The average molecular weight is 457 g/mol. The van der Waals surface area contributed by atoms with Crippen LogP contribution in [0.5, 0.6) is 11.5 Å². The Labute approximate surface area is 192 Å². The number of rotatable bonds is 7. The minimum atomic E-state index is -0.654. The Morgan fingerprint density at radius 2 is 1.73 bits per heavy atom. The number of hydrogen-bond donors (Lipinski definition) is 2. The summed E-state index contributed by atoms with van der Waals surface area (Å²) in [6.07, 6.45) is 0.755. The lowest BCUT2D eigenvalue weighted by Crippen LogP contribution is -2.51. The molecule has 4 rings (SSSR count). The Hall–Kier alpha value is -3.33. The highest BCUT2D eigenvalue weighted by atomic mass is 19.1. The van der Waals surface area contributed by atoms with Gasteiger partial charge in [0.2, 0.25) is 6.79 Å². The van der Waals surface area contributed by atoms with E-state index in [1.807, 2.05) is 36.1 Å². The van der Waals surface area contributed by atoms with Crippen molar-refractivity contribution in [2.24, 2.45) is 0 Å². The number of halogens is 1. The van der Waals surface area contributed by atoms with Crippen molar-refractivity contribution in [3.63, 3.8) is 0 Å². The Bertz CT molecular complexity index is 994. The molecule has 0 saturated carbocycles. The number of anilines is 1. The van der Waals surface area contributed by atoms with Crippen LogP contribution < -0.4 is 25.0 Å². The van der Waals surface area contributed by atoms with Gasteiger partial charge in [0.05, 0.1) is 11.7 Å². The van der Waals surface area contributed by atoms with Gasteiger partial charge in [-0.15, -0.1) is 0 Å². The average Bonchev–Trinajstić information content (AvgIpc) is 3.31. The number of para-hydroxylation sites is 1. The van der Waals surface area contributed by atoms with Crippen LogP contribution in [-0.2, 0) is 9.59 Å². The molecule has 0 spiro atoms. The number of nitrogens with zero attached hydrogens (tertiary/aromatic N) is 2. The van der Waals surface area contributed by atoms with Crippen LogP contribution in [0, 0.1) is 5.82 Å². The van der Waals surface area contributed by atoms with E-state index in [0.29, 0.717) is 49.9 Å². The second-order valence-corrected chi connectivity index (χ2v) is 8.07. The minimum absolute atomic E-state index is 0.176. The highest BCUT2D eigenvalue weighted by Gasteiger charge is 2.28. The zero-order chi connectivity index (χ0) is 23.2. The number of hydrogen-bond acceptors (Lipinski definition) is 6. The third-order valence-corrected chi connectivity index (χ3v) is 5.93. The van der Waals surface area contributed by atoms with Crippen LogP contribution in [0.25, 0.3) is 0 Å². The van der Waals surface area contributed by atoms with Crippen LogP contribution in [-0.4, -0.2) is 62.8 Å². The maximum Gasteiger partial charge on any atom is 0.309 e. The third kappa shape index (κ3) is 5.36. The number of benzene rings is 2. The normalized spacial score (nSPS) is 16.4. The van der Waals surface area contributed by atoms with Crippen molar-refractivity contribution in [2.75, 3.05) is 51.0 Å². The molecular weight excluding hydrogens is 427 g/mol. The van der Waals surface area contributed by atoms with Gasteiger partial charge in [0.15, 0.2) is 11.5 Å². The van der Waals surface area contributed by atoms with Crippen LogP contribution in [0.4, 0.5) is 10.1 Å². The zero-order valence-electron chi connectivity index (χ0n) is 18.7. The molecule has 2 amide bonds. The van der Waals surface area contributed by atoms with E-state index in [4.69, 9.17) is 9.47 Å². The molecule has 2 N–H and O–H groups in total. The smallest absolute Gasteiger partial charge is 0.309 e. The number of piperazine rings is 1. The first kappa shape index (κ1) is 22.8. The molecule has 1 fully saturated rings. The number of nitrogens with one attached hydrogen (secondary N) is 2. The van der Waals surface area contributed by atoms with E-state index in [1.165, 1.54) is 6.07 Å². The van der Waals surface area contributed by atoms with Gasteiger partial charge in [-0.2, -0.15) is 0 Å². The van der Waals surface area contributed by atoms with Crippen molar-refractivity contribution in [1.29, 1.82) is 0 Å². The first-order valence-electron chi connectivity index (χ1n) is 11.3. The summed E-state index contributed by atoms with van der Waals surface area (Å²) in [4.78, 5) is 28.6. The summed E-state index contributed by atoms with van der Waals surface area (Å²) in [5, 5.41) is 5.36. The molecule has 2 aliphatic rings. The van der Waals surface area contributed by atoms with Gasteiger partial charge in [-0.25, -0.2) is 4.39 Å². The number of ether oxygens (including phenoxy) is 2. The Morgan fingerprint density at radius 3 is 2.48 bits per heavy atom. The van der Waals surface area contributed by atoms with E-state index in [1.54, 1.807) is 12.1 Å². The van der Waals surface area contributed by atoms with Gasteiger partial charge in [-0.3, -0.25) is 14.5 Å². The molecule has 8 nitrogen and oxygen atoms in total. The summed E-state index contributed by atoms with van der Waals surface area (Å²) in [6, 6.07) is 12.3. The summed E-state index contributed by atoms with van der Waals surface area (Å²) in [7, 11) is 0. The van der Waals surface area contributed by atoms with Gasteiger partial charge < -0.3 is 25.0 Å². The van der Waals surface area contributed by atoms with E-state index < -0.39 is 11.8 Å². The lowest BCUT2D eigenvalue weighted by Gasteiger charge is -2.40. The van der Waals surface area contributed by atoms with Gasteiger partial charge in [0.25, 0.3) is 0 Å². The van der Waals surface area contributed by atoms with Crippen LogP contribution in [0.15, 0.2) is 42.5 Å². The summed E-state index contributed by atoms with van der Waals surface area (Å²) in [5.41, 5.74) is 1.55. The second kappa shape index (κ2) is 10.5. The maximum absolute atomic E-state index is 14.2. The van der Waals surface area contributed by atoms with Crippen molar-refractivity contribution in [3.8, 4) is 11.5 Å². The van der Waals surface area contributed by atoms with Crippen LogP contribution in [0.2, 0.25) is 0 Å². The highest BCUT2D eigenvalue weighted by Crippen LogP contribution is 2.35. The molecule has 0 radical (unpaired) electrons. The Morgan fingerprint density at radius 1 is 1.00 bits per heavy atom. The first-order chi connectivity index (χ1) is 16.1. The van der Waals surface area contributed by atoms with E-state index in [9.17, 15) is 14.0 Å². The van der Waals surface area contributed by atoms with Gasteiger partial charge in [-0.05, 0) is 36.2 Å². The summed E-state index contributed by atoms with van der Waals surface area (Å²) in [6.45, 7) is 5.46. The minimum Gasteiger partial charge on any atom is -0.454 e. The van der Waals surface area contributed by atoms with Gasteiger partial charge in [0, 0.05) is 39.3 Å². The molecule has 33 heavy (non-hydrogen) atoms. The van der Waals surface area contributed by atoms with Crippen molar-refractivity contribution in [2.45, 2.75) is 19.4 Å². The first-order valence-corrected chi connectivity index (χ1v) is 11.3. The maximum atomic E-state index is 14.2. The molecule has 0 aliphatic carbocycles. The van der Waals surface area contributed by atoms with Gasteiger partial charge >= 0.3 is 11.8 Å². The number of fused-ring (bicyclic) bond motifs is 1. The number of carbonyl (C=O) groups is 2. The molecule has 1 unspecified atom stereocenters. The lowest BCUT2D eigenvalue weighted by atomic mass is 10.0. The van der Waals surface area contributed by atoms with Crippen molar-refractivity contribution in [1.82, 2.24) is 15.5 Å². The lowest BCUT2D eigenvalue weighted by molar-refractivity contribution is -0.139. The fraction of sp³-hybridized carbons (Fsp3) is 0.417. The summed E-state index contributed by atoms with van der Waals surface area (Å²) in [5.74, 6) is -0.173. The fourth-order valence-corrected chi connectivity index (χ4v) is 4.15. The number of amides is 2. The molecule has 1 saturated heterocycles. The largest absolute Gasteiger partial charge is 0.454 e. The molecule has 0 aromatic heterocycles. The molecule has 2 aromatic rings. The molecule has 2 aromatic carbocycles. The summed E-state index contributed by atoms with van der Waals surface area (Å²) >= 11 is 0. The van der Waals surface area contributed by atoms with E-state index in [-0.39, 0.29) is 25.2 Å². The van der Waals surface area contributed by atoms with E-state index >= 15 is 0 Å². The Balaban J connectivity index is 1.47. The standard InChI is InChI=1S/C24H29FN4O4/c1-2-9-26-23(30)24(31)27-15-20(17-7-8-21-22(14-17)33-16-32-21)29-12-10-28(11-13-29)19-6-4-3-5-18(19)25/h3-8,14,20H,2,9-13,15-16H2,1H3,(H,26,30)(H,27,31). The quantitative estimate of drug-likeness (QED) is 0.621. The molecular formula is C24H29FN4O4. The van der Waals surface area contributed by atoms with Gasteiger partial charge in [-0.1, -0.05) is 25.1 Å². The predicted octanol–water partition coefficient (Wildman–Crippen LogP) is 2.06. The summed E-state index contributed by atoms with van der Waals surface area (Å²) < 4.78 is 25.2. The van der Waals surface area contributed by atoms with E-state index in [0.717, 1.165) is 12.0 Å². The Kier molecular flexibility index (Phi) is 7.29. The third-order valence-electron chi connectivity index (χ3n) is 5.93. The van der Waals surface area contributed by atoms with E-state index in [2.05, 4.69) is 15.5 Å². The molecule has 1 atom stereocenters. The van der Waals surface area contributed by atoms with Crippen molar-refractivity contribution < 1.29 is 23.5 Å². The van der Waals surface area contributed by atoms with Crippen LogP contribution in [0.1, 0.15) is 24.9 Å². The highest BCUT2D eigenvalue weighted by molar-refractivity contribution is 6.35. The molecule has 2 aliphatic heterocycles. The molecule has 2 heterocycles. The molecule has 9 heteroatoms.